The van der Waals surface area contributed by atoms with Crippen LogP contribution in [0.5, 0.6) is 0 Å². The largest absolute Gasteiger partial charge is 0.392 e. The Morgan fingerprint density at radius 1 is 1.05 bits per heavy atom. The predicted octanol–water partition coefficient (Wildman–Crippen LogP) is 4.63. The van der Waals surface area contributed by atoms with Crippen LogP contribution < -0.4 is 0 Å². The van der Waals surface area contributed by atoms with E-state index >= 15 is 0 Å². The Hall–Kier alpha value is -1.55. The van der Waals surface area contributed by atoms with Gasteiger partial charge in [-0.05, 0) is 35.9 Å². The highest BCUT2D eigenvalue weighted by atomic mass is 35.5. The summed E-state index contributed by atoms with van der Waals surface area (Å²) in [7, 11) is 0. The second kappa shape index (κ2) is 5.68. The van der Waals surface area contributed by atoms with Crippen molar-refractivity contribution in [1.82, 2.24) is 4.57 Å². The van der Waals surface area contributed by atoms with Gasteiger partial charge in [0.2, 0.25) is 0 Å². The van der Waals surface area contributed by atoms with Gasteiger partial charge in [-0.3, -0.25) is 0 Å². The molecule has 0 amide bonds. The summed E-state index contributed by atoms with van der Waals surface area (Å²) in [6, 6.07) is 10.00. The van der Waals surface area contributed by atoms with Crippen LogP contribution in [0.1, 0.15) is 11.1 Å². The van der Waals surface area contributed by atoms with Crippen LogP contribution in [-0.4, -0.2) is 9.67 Å². The van der Waals surface area contributed by atoms with E-state index in [1.54, 1.807) is 18.2 Å². The number of nitrogens with zero attached hydrogens (tertiary/aromatic N) is 1. The fourth-order valence-corrected chi connectivity index (χ4v) is 2.76. The lowest BCUT2D eigenvalue weighted by atomic mass is 10.2. The molecule has 0 saturated heterocycles. The number of benzene rings is 2. The van der Waals surface area contributed by atoms with Gasteiger partial charge in [0.05, 0.1) is 16.7 Å². The van der Waals surface area contributed by atoms with E-state index in [2.05, 4.69) is 0 Å². The number of hydrogen-bond acceptors (Lipinski definition) is 1. The SMILES string of the molecule is OCc1cn(Cc2ccc(Cl)c(Cl)c2)c2ccc(F)cc12. The number of fused-ring (bicyclic) bond motifs is 1. The monoisotopic (exact) mass is 323 g/mol. The fraction of sp³-hybridized carbons (Fsp3) is 0.125. The van der Waals surface area contributed by atoms with Gasteiger partial charge in [0, 0.05) is 29.2 Å². The van der Waals surface area contributed by atoms with Crippen LogP contribution in [0.2, 0.25) is 10.0 Å². The molecule has 0 spiro atoms. The van der Waals surface area contributed by atoms with Gasteiger partial charge in [-0.15, -0.1) is 0 Å². The molecular formula is C16H12Cl2FNO. The highest BCUT2D eigenvalue weighted by Gasteiger charge is 2.10. The highest BCUT2D eigenvalue weighted by molar-refractivity contribution is 6.42. The van der Waals surface area contributed by atoms with E-state index in [0.717, 1.165) is 16.5 Å². The van der Waals surface area contributed by atoms with E-state index in [0.29, 0.717) is 22.2 Å². The Labute approximate surface area is 131 Å². The van der Waals surface area contributed by atoms with E-state index in [1.807, 2.05) is 16.8 Å². The predicted molar refractivity (Wildman–Crippen MR) is 83.4 cm³/mol. The van der Waals surface area contributed by atoms with Gasteiger partial charge < -0.3 is 9.67 Å². The first-order chi connectivity index (χ1) is 10.1. The Bertz CT molecular complexity index is 813. The standard InChI is InChI=1S/C16H12Cl2FNO/c17-14-3-1-10(5-15(14)18)7-20-8-11(9-21)13-6-12(19)2-4-16(13)20/h1-6,8,21H,7,9H2. The number of aromatic nitrogens is 1. The number of aliphatic hydroxyl groups is 1. The lowest BCUT2D eigenvalue weighted by Crippen LogP contribution is -1.98. The summed E-state index contributed by atoms with van der Waals surface area (Å²) in [5, 5.41) is 11.1. The average molecular weight is 324 g/mol. The Morgan fingerprint density at radius 2 is 1.86 bits per heavy atom. The first-order valence-corrected chi connectivity index (χ1v) is 7.16. The molecule has 1 N–H and O–H groups in total. The van der Waals surface area contributed by atoms with Crippen LogP contribution in [0.3, 0.4) is 0 Å². The summed E-state index contributed by atoms with van der Waals surface area (Å²) in [4.78, 5) is 0. The van der Waals surface area contributed by atoms with E-state index in [-0.39, 0.29) is 12.4 Å². The molecular weight excluding hydrogens is 312 g/mol. The molecule has 0 bridgehead atoms. The van der Waals surface area contributed by atoms with Gasteiger partial charge in [0.15, 0.2) is 0 Å². The molecule has 0 aliphatic rings. The van der Waals surface area contributed by atoms with Crippen molar-refractivity contribution >= 4 is 34.1 Å². The van der Waals surface area contributed by atoms with Gasteiger partial charge in [-0.25, -0.2) is 4.39 Å². The minimum atomic E-state index is -0.315. The maximum atomic E-state index is 13.4. The number of hydrogen-bond donors (Lipinski definition) is 1. The van der Waals surface area contributed by atoms with Crippen molar-refractivity contribution in [3.63, 3.8) is 0 Å². The molecule has 0 fully saturated rings. The molecule has 0 unspecified atom stereocenters. The number of aliphatic hydroxyl groups excluding tert-OH is 1. The molecule has 0 atom stereocenters. The van der Waals surface area contributed by atoms with Gasteiger partial charge >= 0.3 is 0 Å². The van der Waals surface area contributed by atoms with Crippen LogP contribution in [-0.2, 0) is 13.2 Å². The first-order valence-electron chi connectivity index (χ1n) is 6.40. The average Bonchev–Trinajstić information content (AvgIpc) is 2.80. The van der Waals surface area contributed by atoms with Crippen molar-refractivity contribution in [2.75, 3.05) is 0 Å². The molecule has 0 radical (unpaired) electrons. The van der Waals surface area contributed by atoms with Crippen LogP contribution in [0.4, 0.5) is 4.39 Å². The molecule has 0 aliphatic heterocycles. The smallest absolute Gasteiger partial charge is 0.123 e. The van der Waals surface area contributed by atoms with Crippen molar-refractivity contribution in [2.24, 2.45) is 0 Å². The van der Waals surface area contributed by atoms with Crippen LogP contribution >= 0.6 is 23.2 Å². The molecule has 0 aliphatic carbocycles. The summed E-state index contributed by atoms with van der Waals surface area (Å²) >= 11 is 11.9. The van der Waals surface area contributed by atoms with Crippen molar-refractivity contribution in [3.05, 3.63) is 69.6 Å². The fourth-order valence-electron chi connectivity index (χ4n) is 2.43. The van der Waals surface area contributed by atoms with Crippen molar-refractivity contribution in [3.8, 4) is 0 Å². The maximum Gasteiger partial charge on any atom is 0.123 e. The molecule has 3 rings (SSSR count). The normalized spacial score (nSPS) is 11.2. The minimum Gasteiger partial charge on any atom is -0.392 e. The zero-order chi connectivity index (χ0) is 15.0. The first kappa shape index (κ1) is 14.4. The lowest BCUT2D eigenvalue weighted by molar-refractivity contribution is 0.283. The Morgan fingerprint density at radius 3 is 2.57 bits per heavy atom. The molecule has 108 valence electrons. The van der Waals surface area contributed by atoms with E-state index in [1.165, 1.54) is 12.1 Å². The highest BCUT2D eigenvalue weighted by Crippen LogP contribution is 2.26. The van der Waals surface area contributed by atoms with E-state index < -0.39 is 0 Å². The second-order valence-electron chi connectivity index (χ2n) is 4.85. The minimum absolute atomic E-state index is 0.131. The quantitative estimate of drug-likeness (QED) is 0.747. The number of halogens is 3. The third-order valence-corrected chi connectivity index (χ3v) is 4.17. The zero-order valence-corrected chi connectivity index (χ0v) is 12.5. The summed E-state index contributed by atoms with van der Waals surface area (Å²) in [5.74, 6) is -0.315. The van der Waals surface area contributed by atoms with Gasteiger partial charge in [0.25, 0.3) is 0 Å². The van der Waals surface area contributed by atoms with Gasteiger partial charge in [-0.2, -0.15) is 0 Å². The molecule has 5 heteroatoms. The molecule has 1 aromatic heterocycles. The summed E-state index contributed by atoms with van der Waals surface area (Å²) < 4.78 is 15.3. The zero-order valence-electron chi connectivity index (χ0n) is 11.0. The molecule has 21 heavy (non-hydrogen) atoms. The summed E-state index contributed by atoms with van der Waals surface area (Å²) in [6.07, 6.45) is 1.83. The third kappa shape index (κ3) is 2.77. The van der Waals surface area contributed by atoms with Gasteiger partial charge in [-0.1, -0.05) is 29.3 Å². The van der Waals surface area contributed by atoms with Crippen molar-refractivity contribution in [2.45, 2.75) is 13.2 Å². The Kier molecular flexibility index (Phi) is 3.89. The van der Waals surface area contributed by atoms with E-state index in [9.17, 15) is 9.50 Å². The molecule has 1 heterocycles. The van der Waals surface area contributed by atoms with Crippen LogP contribution in [0, 0.1) is 5.82 Å². The number of rotatable bonds is 3. The third-order valence-electron chi connectivity index (χ3n) is 3.43. The summed E-state index contributed by atoms with van der Waals surface area (Å²) in [6.45, 7) is 0.438. The topological polar surface area (TPSA) is 25.2 Å². The molecule has 3 aromatic rings. The van der Waals surface area contributed by atoms with Crippen molar-refractivity contribution in [1.29, 1.82) is 0 Å². The van der Waals surface area contributed by atoms with Crippen LogP contribution in [0.15, 0.2) is 42.6 Å². The molecule has 0 saturated carbocycles. The summed E-state index contributed by atoms with van der Waals surface area (Å²) in [5.41, 5.74) is 2.55. The van der Waals surface area contributed by atoms with Crippen molar-refractivity contribution < 1.29 is 9.50 Å². The molecule has 2 aromatic carbocycles. The Balaban J connectivity index is 2.06. The van der Waals surface area contributed by atoms with E-state index in [4.69, 9.17) is 23.2 Å². The molecule has 2 nitrogen and oxygen atoms in total. The maximum absolute atomic E-state index is 13.4. The van der Waals surface area contributed by atoms with Crippen LogP contribution in [0.25, 0.3) is 10.9 Å². The second-order valence-corrected chi connectivity index (χ2v) is 5.66. The lowest BCUT2D eigenvalue weighted by Gasteiger charge is -2.07. The van der Waals surface area contributed by atoms with Gasteiger partial charge in [0.1, 0.15) is 5.82 Å².